The number of amides is 2. The molecule has 2 fully saturated rings. The molecule has 268 valence electrons. The van der Waals surface area contributed by atoms with Crippen molar-refractivity contribution in [1.29, 1.82) is 0 Å². The molecule has 2 aliphatic heterocycles. The number of hydrogen-bond donors (Lipinski definition) is 0. The van der Waals surface area contributed by atoms with Gasteiger partial charge < -0.3 is 43.3 Å². The molecule has 2 saturated heterocycles. The molecule has 6 rings (SSSR count). The van der Waals surface area contributed by atoms with E-state index in [-0.39, 0.29) is 30.1 Å². The van der Waals surface area contributed by atoms with E-state index in [1.54, 1.807) is 28.4 Å². The van der Waals surface area contributed by atoms with Crippen LogP contribution in [-0.4, -0.2) is 121 Å². The number of rotatable bonds is 11. The van der Waals surface area contributed by atoms with Crippen molar-refractivity contribution < 1.29 is 33.3 Å². The van der Waals surface area contributed by atoms with E-state index in [4.69, 9.17) is 23.7 Å². The maximum absolute atomic E-state index is 14.8. The highest BCUT2D eigenvalue weighted by atomic mass is 16.5. The molecule has 50 heavy (non-hydrogen) atoms. The molecular formula is C39H50N4O7. The first-order valence-corrected chi connectivity index (χ1v) is 17.5. The summed E-state index contributed by atoms with van der Waals surface area (Å²) in [5.74, 6) is 2.06. The maximum Gasteiger partial charge on any atom is 0.227 e. The van der Waals surface area contributed by atoms with E-state index < -0.39 is 5.92 Å². The summed E-state index contributed by atoms with van der Waals surface area (Å²) >= 11 is 0. The van der Waals surface area contributed by atoms with Gasteiger partial charge in [-0.05, 0) is 67.1 Å². The van der Waals surface area contributed by atoms with Crippen molar-refractivity contribution in [2.24, 2.45) is 5.92 Å². The van der Waals surface area contributed by atoms with Gasteiger partial charge in [0.15, 0.2) is 23.0 Å². The van der Waals surface area contributed by atoms with Crippen LogP contribution in [0.4, 0.5) is 5.69 Å². The Morgan fingerprint density at radius 1 is 0.680 bits per heavy atom. The van der Waals surface area contributed by atoms with Crippen molar-refractivity contribution in [3.63, 3.8) is 0 Å². The molecule has 3 aromatic carbocycles. The fraction of sp³-hybridized carbons (Fsp3) is 0.487. The van der Waals surface area contributed by atoms with Crippen molar-refractivity contribution >= 4 is 17.5 Å². The number of para-hydroxylation sites is 2. The summed E-state index contributed by atoms with van der Waals surface area (Å²) in [4.78, 5) is 37.6. The number of carbonyl (C=O) groups excluding carboxylic acids is 2. The van der Waals surface area contributed by atoms with Crippen LogP contribution >= 0.6 is 0 Å². The van der Waals surface area contributed by atoms with Gasteiger partial charge in [-0.25, -0.2) is 0 Å². The molecule has 0 bridgehead atoms. The topological polar surface area (TPSA) is 93.2 Å². The standard InChI is InChI=1S/C39H50N4O7/c1-7-50-31-11-9-8-10-30(31)41-18-20-42(21-19-41)36(44)25-29-27-23-34(48-5)35(49-6)24-28(27)37(26-12-13-32(46-3)33(22-26)47-4)38(29)39(45)43-16-14-40(2)15-17-43/h8-13,22-24,29,37-38H,7,14-21,25H2,1-6H3. The van der Waals surface area contributed by atoms with E-state index in [9.17, 15) is 9.59 Å². The lowest BCUT2D eigenvalue weighted by atomic mass is 9.79. The molecule has 0 aromatic heterocycles. The van der Waals surface area contributed by atoms with Crippen molar-refractivity contribution in [3.05, 3.63) is 71.3 Å². The Hall–Kier alpha value is -4.64. The van der Waals surface area contributed by atoms with E-state index in [0.717, 1.165) is 41.2 Å². The van der Waals surface area contributed by atoms with Gasteiger partial charge in [0.2, 0.25) is 11.8 Å². The first-order valence-electron chi connectivity index (χ1n) is 17.5. The van der Waals surface area contributed by atoms with E-state index >= 15 is 0 Å². The average Bonchev–Trinajstić information content (AvgIpc) is 3.46. The van der Waals surface area contributed by atoms with E-state index in [1.807, 2.05) is 65.3 Å². The quantitative estimate of drug-likeness (QED) is 0.290. The van der Waals surface area contributed by atoms with E-state index in [1.165, 1.54) is 0 Å². The van der Waals surface area contributed by atoms with Crippen LogP contribution in [0.3, 0.4) is 0 Å². The molecule has 2 heterocycles. The molecule has 2 amide bonds. The molecule has 0 spiro atoms. The molecular weight excluding hydrogens is 636 g/mol. The third-order valence-corrected chi connectivity index (χ3v) is 10.5. The number of fused-ring (bicyclic) bond motifs is 1. The molecule has 11 nitrogen and oxygen atoms in total. The van der Waals surface area contributed by atoms with Crippen LogP contribution in [0.1, 0.15) is 41.9 Å². The van der Waals surface area contributed by atoms with Gasteiger partial charge in [-0.15, -0.1) is 0 Å². The van der Waals surface area contributed by atoms with Crippen molar-refractivity contribution in [1.82, 2.24) is 14.7 Å². The lowest BCUT2D eigenvalue weighted by molar-refractivity contribution is -0.139. The van der Waals surface area contributed by atoms with Gasteiger partial charge in [0.05, 0.1) is 46.7 Å². The molecule has 11 heteroatoms. The van der Waals surface area contributed by atoms with Gasteiger partial charge in [0.25, 0.3) is 0 Å². The minimum atomic E-state index is -0.522. The Balaban J connectivity index is 1.35. The second-order valence-corrected chi connectivity index (χ2v) is 13.2. The Bertz CT molecular complexity index is 1670. The fourth-order valence-corrected chi connectivity index (χ4v) is 7.85. The Morgan fingerprint density at radius 3 is 1.92 bits per heavy atom. The fourth-order valence-electron chi connectivity index (χ4n) is 7.85. The molecule has 1 aliphatic carbocycles. The summed E-state index contributed by atoms with van der Waals surface area (Å²) in [7, 11) is 8.53. The largest absolute Gasteiger partial charge is 0.493 e. The lowest BCUT2D eigenvalue weighted by Crippen LogP contribution is -2.51. The normalized spacial score (nSPS) is 20.7. The molecule has 0 radical (unpaired) electrons. The number of piperazine rings is 2. The number of ether oxygens (including phenoxy) is 5. The summed E-state index contributed by atoms with van der Waals surface area (Å²) in [6.45, 7) is 8.01. The Labute approximate surface area is 295 Å². The van der Waals surface area contributed by atoms with Gasteiger partial charge in [0, 0.05) is 70.6 Å². The van der Waals surface area contributed by atoms with Crippen LogP contribution in [0.5, 0.6) is 28.7 Å². The van der Waals surface area contributed by atoms with E-state index in [0.29, 0.717) is 68.9 Å². The minimum absolute atomic E-state index is 0.0395. The zero-order chi connectivity index (χ0) is 35.4. The number of anilines is 1. The second kappa shape index (κ2) is 15.5. The Morgan fingerprint density at radius 2 is 1.28 bits per heavy atom. The van der Waals surface area contributed by atoms with Crippen LogP contribution in [-0.2, 0) is 9.59 Å². The Kier molecular flexibility index (Phi) is 10.9. The van der Waals surface area contributed by atoms with Gasteiger partial charge in [-0.1, -0.05) is 18.2 Å². The predicted molar refractivity (Wildman–Crippen MR) is 192 cm³/mol. The summed E-state index contributed by atoms with van der Waals surface area (Å²) in [6.07, 6.45) is 0.200. The summed E-state index contributed by atoms with van der Waals surface area (Å²) in [6, 6.07) is 17.9. The van der Waals surface area contributed by atoms with Crippen molar-refractivity contribution in [2.75, 3.05) is 99.4 Å². The smallest absolute Gasteiger partial charge is 0.227 e. The third kappa shape index (κ3) is 6.88. The highest BCUT2D eigenvalue weighted by Crippen LogP contribution is 2.55. The average molecular weight is 687 g/mol. The first-order chi connectivity index (χ1) is 24.3. The van der Waals surface area contributed by atoms with Gasteiger partial charge in [-0.2, -0.15) is 0 Å². The number of hydrogen-bond acceptors (Lipinski definition) is 9. The third-order valence-electron chi connectivity index (χ3n) is 10.5. The summed E-state index contributed by atoms with van der Waals surface area (Å²) in [5.41, 5.74) is 3.85. The zero-order valence-corrected chi connectivity index (χ0v) is 30.1. The van der Waals surface area contributed by atoms with Crippen molar-refractivity contribution in [3.8, 4) is 28.7 Å². The number of likely N-dealkylation sites (N-methyl/N-ethyl adjacent to an activating group) is 1. The predicted octanol–water partition coefficient (Wildman–Crippen LogP) is 4.48. The number of benzene rings is 3. The summed E-state index contributed by atoms with van der Waals surface area (Å²) < 4.78 is 28.7. The zero-order valence-electron chi connectivity index (χ0n) is 30.1. The molecule has 0 saturated carbocycles. The van der Waals surface area contributed by atoms with Crippen LogP contribution in [0.15, 0.2) is 54.6 Å². The van der Waals surface area contributed by atoms with Crippen LogP contribution in [0.25, 0.3) is 0 Å². The van der Waals surface area contributed by atoms with Crippen LogP contribution in [0, 0.1) is 5.92 Å². The highest BCUT2D eigenvalue weighted by Gasteiger charge is 2.49. The van der Waals surface area contributed by atoms with Gasteiger partial charge >= 0.3 is 0 Å². The first kappa shape index (κ1) is 35.2. The van der Waals surface area contributed by atoms with Crippen LogP contribution in [0.2, 0.25) is 0 Å². The van der Waals surface area contributed by atoms with Gasteiger partial charge in [-0.3, -0.25) is 9.59 Å². The van der Waals surface area contributed by atoms with Gasteiger partial charge in [0.1, 0.15) is 5.75 Å². The molecule has 0 N–H and O–H groups in total. The SMILES string of the molecule is CCOc1ccccc1N1CCN(C(=O)CC2c3cc(OC)c(OC)cc3C(c3ccc(OC)c(OC)c3)C2C(=O)N2CCN(C)CC2)CC1. The molecule has 3 unspecified atom stereocenters. The minimum Gasteiger partial charge on any atom is -0.493 e. The molecule has 3 aliphatic rings. The number of methoxy groups -OCH3 is 4. The monoisotopic (exact) mass is 686 g/mol. The van der Waals surface area contributed by atoms with E-state index in [2.05, 4.69) is 22.9 Å². The second-order valence-electron chi connectivity index (χ2n) is 13.2. The van der Waals surface area contributed by atoms with Crippen molar-refractivity contribution in [2.45, 2.75) is 25.2 Å². The highest BCUT2D eigenvalue weighted by molar-refractivity contribution is 5.86. The molecule has 3 atom stereocenters. The number of carbonyl (C=O) groups is 2. The van der Waals surface area contributed by atoms with Crippen LogP contribution < -0.4 is 28.6 Å². The number of nitrogens with zero attached hydrogens (tertiary/aromatic N) is 4. The summed E-state index contributed by atoms with van der Waals surface area (Å²) in [5, 5.41) is 0. The molecule has 3 aromatic rings. The lowest BCUT2D eigenvalue weighted by Gasteiger charge is -2.38. The maximum atomic E-state index is 14.8.